The van der Waals surface area contributed by atoms with Crippen LogP contribution < -0.4 is 10.1 Å². The molecular formula is C36H39F2N5O4. The lowest BCUT2D eigenvalue weighted by molar-refractivity contribution is -0.117. The number of rotatable bonds is 12. The average Bonchev–Trinajstić information content (AvgIpc) is 3.75. The van der Waals surface area contributed by atoms with Crippen LogP contribution in [-0.2, 0) is 35.3 Å². The van der Waals surface area contributed by atoms with Crippen LogP contribution in [0.5, 0.6) is 5.75 Å². The molecule has 2 aliphatic rings. The van der Waals surface area contributed by atoms with Crippen LogP contribution in [0.4, 0.5) is 8.78 Å². The Morgan fingerprint density at radius 1 is 1.11 bits per heavy atom. The molecule has 0 saturated carbocycles. The smallest absolute Gasteiger partial charge is 0.243 e. The quantitative estimate of drug-likeness (QED) is 0.142. The molecule has 6 rings (SSSR count). The van der Waals surface area contributed by atoms with Crippen molar-refractivity contribution in [1.82, 2.24) is 25.4 Å². The highest BCUT2D eigenvalue weighted by atomic mass is 19.1. The van der Waals surface area contributed by atoms with Crippen LogP contribution >= 0.6 is 0 Å². The number of aliphatic hydroxyl groups excluding tert-OH is 1. The van der Waals surface area contributed by atoms with Gasteiger partial charge < -0.3 is 19.9 Å². The maximum Gasteiger partial charge on any atom is 0.243 e. The number of H-pyrrole nitrogens is 1. The highest BCUT2D eigenvalue weighted by molar-refractivity contribution is 5.90. The van der Waals surface area contributed by atoms with Crippen LogP contribution in [0.25, 0.3) is 33.8 Å². The third-order valence-corrected chi connectivity index (χ3v) is 8.92. The van der Waals surface area contributed by atoms with E-state index >= 15 is 4.39 Å². The summed E-state index contributed by atoms with van der Waals surface area (Å²) >= 11 is 0. The summed E-state index contributed by atoms with van der Waals surface area (Å²) in [6.45, 7) is 8.02. The average molecular weight is 644 g/mol. The molecule has 9 nitrogen and oxygen atoms in total. The number of hydrogen-bond acceptors (Lipinski definition) is 7. The van der Waals surface area contributed by atoms with Crippen molar-refractivity contribution in [2.75, 3.05) is 40.0 Å². The molecular weight excluding hydrogens is 604 g/mol. The number of benzene rings is 2. The van der Waals surface area contributed by atoms with Crippen molar-refractivity contribution in [2.45, 2.75) is 45.2 Å². The van der Waals surface area contributed by atoms with Crippen LogP contribution in [-0.4, -0.2) is 71.1 Å². The second kappa shape index (κ2) is 14.1. The topological polar surface area (TPSA) is 113 Å². The van der Waals surface area contributed by atoms with Crippen molar-refractivity contribution in [2.24, 2.45) is 0 Å². The number of aliphatic hydroxyl groups is 1. The largest absolute Gasteiger partial charge is 0.490 e. The van der Waals surface area contributed by atoms with Gasteiger partial charge in [0.05, 0.1) is 41.9 Å². The third-order valence-electron chi connectivity index (χ3n) is 8.92. The van der Waals surface area contributed by atoms with Gasteiger partial charge in [0.25, 0.3) is 0 Å². The zero-order valence-corrected chi connectivity index (χ0v) is 26.7. The number of fused-ring (bicyclic) bond motifs is 2. The Balaban J connectivity index is 1.55. The van der Waals surface area contributed by atoms with Gasteiger partial charge in [-0.3, -0.25) is 14.8 Å². The molecule has 0 fully saturated rings. The van der Waals surface area contributed by atoms with E-state index in [2.05, 4.69) is 45.2 Å². The fourth-order valence-electron chi connectivity index (χ4n) is 6.62. The minimum Gasteiger partial charge on any atom is -0.490 e. The second-order valence-corrected chi connectivity index (χ2v) is 12.0. The summed E-state index contributed by atoms with van der Waals surface area (Å²) in [7, 11) is 1.53. The van der Waals surface area contributed by atoms with Gasteiger partial charge in [-0.15, -0.1) is 0 Å². The molecule has 47 heavy (non-hydrogen) atoms. The Morgan fingerprint density at radius 3 is 2.72 bits per heavy atom. The van der Waals surface area contributed by atoms with Crippen molar-refractivity contribution in [3.05, 3.63) is 88.6 Å². The number of aromatic amines is 1. The Labute approximate surface area is 272 Å². The van der Waals surface area contributed by atoms with Gasteiger partial charge in [0.15, 0.2) is 0 Å². The van der Waals surface area contributed by atoms with Crippen LogP contribution in [0.15, 0.2) is 49.1 Å². The number of aromatic nitrogens is 3. The number of methoxy groups -OCH3 is 1. The van der Waals surface area contributed by atoms with Gasteiger partial charge in [-0.2, -0.15) is 5.10 Å². The Bertz CT molecular complexity index is 1810. The summed E-state index contributed by atoms with van der Waals surface area (Å²) in [6.07, 6.45) is 4.36. The van der Waals surface area contributed by atoms with E-state index in [1.54, 1.807) is 6.07 Å². The van der Waals surface area contributed by atoms with Crippen molar-refractivity contribution in [3.63, 3.8) is 0 Å². The van der Waals surface area contributed by atoms with Gasteiger partial charge >= 0.3 is 0 Å². The summed E-state index contributed by atoms with van der Waals surface area (Å²) in [5, 5.41) is 19.9. The number of ether oxygens (including phenoxy) is 2. The molecule has 3 heterocycles. The van der Waals surface area contributed by atoms with Gasteiger partial charge in [-0.25, -0.2) is 13.8 Å². The predicted octanol–water partition coefficient (Wildman–Crippen LogP) is 5.31. The summed E-state index contributed by atoms with van der Waals surface area (Å²) in [5.74, 6) is -1.78. The van der Waals surface area contributed by atoms with E-state index in [0.29, 0.717) is 35.6 Å². The summed E-state index contributed by atoms with van der Waals surface area (Å²) in [5.41, 5.74) is 8.26. The molecule has 1 unspecified atom stereocenters. The Morgan fingerprint density at radius 2 is 1.94 bits per heavy atom. The van der Waals surface area contributed by atoms with Crippen molar-refractivity contribution < 1.29 is 28.2 Å². The number of pyridine rings is 1. The zero-order chi connectivity index (χ0) is 33.1. The van der Waals surface area contributed by atoms with E-state index in [-0.39, 0.29) is 37.0 Å². The SMILES string of the molecule is C=CC(=O)NC(C)c1cc(-c2nc(-c3ccc4c(c3)CN(CCO)CC4)c3c(c2-c2c(F)cc(F)cc2OCCOC)CCC3)n[nH]1. The first-order valence-corrected chi connectivity index (χ1v) is 15.9. The molecule has 0 bridgehead atoms. The lowest BCUT2D eigenvalue weighted by Gasteiger charge is -2.28. The standard InChI is InChI=1S/C36H39F2N5O4/c1-4-32(45)39-21(2)29-19-30(42-41-29)36-33(34-28(38)17-25(37)18-31(34)47-15-14-46-3)26-6-5-7-27(26)35(40-36)23-9-8-22-10-11-43(12-13-44)20-24(22)16-23/h4,8-9,16-19,21,44H,1,5-7,10-15,20H2,2-3H3,(H,39,45)(H,41,42). The molecule has 2 aromatic carbocycles. The zero-order valence-electron chi connectivity index (χ0n) is 26.7. The van der Waals surface area contributed by atoms with Crippen LogP contribution in [0.2, 0.25) is 0 Å². The Hall–Kier alpha value is -4.45. The molecule has 4 aromatic rings. The minimum atomic E-state index is -0.762. The van der Waals surface area contributed by atoms with Crippen LogP contribution in [0.1, 0.15) is 47.3 Å². The van der Waals surface area contributed by atoms with E-state index in [4.69, 9.17) is 14.5 Å². The van der Waals surface area contributed by atoms with Gasteiger partial charge in [0.2, 0.25) is 5.91 Å². The third kappa shape index (κ3) is 6.69. The second-order valence-electron chi connectivity index (χ2n) is 12.0. The molecule has 3 N–H and O–H groups in total. The van der Waals surface area contributed by atoms with Crippen LogP contribution in [0.3, 0.4) is 0 Å². The van der Waals surface area contributed by atoms with E-state index in [0.717, 1.165) is 60.8 Å². The molecule has 246 valence electrons. The van der Waals surface area contributed by atoms with Crippen molar-refractivity contribution in [3.8, 4) is 39.5 Å². The summed E-state index contributed by atoms with van der Waals surface area (Å²) in [6, 6.07) is 9.83. The highest BCUT2D eigenvalue weighted by Gasteiger charge is 2.31. The summed E-state index contributed by atoms with van der Waals surface area (Å²) in [4.78, 5) is 19.5. The molecule has 11 heteroatoms. The molecule has 0 spiro atoms. The maximum atomic E-state index is 16.0. The van der Waals surface area contributed by atoms with Gasteiger partial charge in [0.1, 0.15) is 29.7 Å². The predicted molar refractivity (Wildman–Crippen MR) is 175 cm³/mol. The fourth-order valence-corrected chi connectivity index (χ4v) is 6.62. The number of nitrogens with one attached hydrogen (secondary N) is 2. The molecule has 2 aromatic heterocycles. The minimum absolute atomic E-state index is 0.0598. The number of β-amino-alcohol motifs (C(OH)–C–C–N with tert-alkyl or cyclic N) is 1. The van der Waals surface area contributed by atoms with E-state index in [1.165, 1.54) is 30.4 Å². The maximum absolute atomic E-state index is 16.0. The first-order chi connectivity index (χ1) is 22.8. The highest BCUT2D eigenvalue weighted by Crippen LogP contribution is 2.47. The van der Waals surface area contributed by atoms with Crippen molar-refractivity contribution in [1.29, 1.82) is 0 Å². The number of nitrogens with zero attached hydrogens (tertiary/aromatic N) is 3. The first-order valence-electron chi connectivity index (χ1n) is 15.9. The first kappa shape index (κ1) is 32.5. The van der Waals surface area contributed by atoms with Crippen molar-refractivity contribution >= 4 is 5.91 Å². The molecule has 1 atom stereocenters. The lowest BCUT2D eigenvalue weighted by atomic mass is 9.89. The molecule has 1 aliphatic heterocycles. The van der Waals surface area contributed by atoms with E-state index in [1.807, 2.05) is 6.92 Å². The number of hydrogen-bond donors (Lipinski definition) is 3. The van der Waals surface area contributed by atoms with Crippen LogP contribution in [0, 0.1) is 11.6 Å². The van der Waals surface area contributed by atoms with Gasteiger partial charge in [0, 0.05) is 50.0 Å². The Kier molecular flexibility index (Phi) is 9.76. The normalized spacial score (nSPS) is 14.8. The number of carbonyl (C=O) groups is 1. The summed E-state index contributed by atoms with van der Waals surface area (Å²) < 4.78 is 41.7. The number of amides is 1. The van der Waals surface area contributed by atoms with E-state index in [9.17, 15) is 14.3 Å². The molecule has 0 saturated heterocycles. The molecule has 1 aliphatic carbocycles. The van der Waals surface area contributed by atoms with E-state index < -0.39 is 17.7 Å². The number of carbonyl (C=O) groups excluding carboxylic acids is 1. The number of halogens is 2. The fraction of sp³-hybridized carbons (Fsp3) is 0.361. The lowest BCUT2D eigenvalue weighted by Crippen LogP contribution is -2.32. The molecule has 0 radical (unpaired) electrons. The van der Waals surface area contributed by atoms with Gasteiger partial charge in [-0.1, -0.05) is 18.7 Å². The monoisotopic (exact) mass is 643 g/mol. The molecule has 1 amide bonds. The van der Waals surface area contributed by atoms with Gasteiger partial charge in [-0.05, 0) is 73.1 Å².